The van der Waals surface area contributed by atoms with Gasteiger partial charge in [0.15, 0.2) is 0 Å². The number of nitrogens with one attached hydrogen (secondary N) is 1. The second-order valence-corrected chi connectivity index (χ2v) is 6.12. The molecule has 106 valence electrons. The van der Waals surface area contributed by atoms with E-state index in [1.807, 2.05) is 0 Å². The molecule has 0 radical (unpaired) electrons. The van der Waals surface area contributed by atoms with E-state index in [0.29, 0.717) is 11.1 Å². The molecule has 0 aliphatic rings. The summed E-state index contributed by atoms with van der Waals surface area (Å²) in [5, 5.41) is 0. The van der Waals surface area contributed by atoms with Gasteiger partial charge >= 0.3 is 0 Å². The Hall–Kier alpha value is -1.79. The van der Waals surface area contributed by atoms with Gasteiger partial charge in [-0.2, -0.15) is 0 Å². The van der Waals surface area contributed by atoms with Crippen LogP contribution < -0.4 is 4.72 Å². The molecule has 3 nitrogen and oxygen atoms in total. The molecule has 1 N–H and O–H groups in total. The first-order chi connectivity index (χ1) is 9.38. The highest BCUT2D eigenvalue weighted by Gasteiger charge is 2.18. The summed E-state index contributed by atoms with van der Waals surface area (Å²) in [5.74, 6) is -1.21. The van der Waals surface area contributed by atoms with Crippen molar-refractivity contribution in [3.8, 4) is 0 Å². The van der Waals surface area contributed by atoms with Crippen LogP contribution in [0, 0.1) is 18.6 Å². The third-order valence-electron chi connectivity index (χ3n) is 2.76. The fourth-order valence-electron chi connectivity index (χ4n) is 1.67. The van der Waals surface area contributed by atoms with Gasteiger partial charge in [0.25, 0.3) is 0 Å². The predicted octanol–water partition coefficient (Wildman–Crippen LogP) is 2.75. The number of aryl methyl sites for hydroxylation is 1. The van der Waals surface area contributed by atoms with Crippen LogP contribution in [0.15, 0.2) is 47.4 Å². The lowest BCUT2D eigenvalue weighted by molar-refractivity contribution is 0.556. The van der Waals surface area contributed by atoms with Crippen molar-refractivity contribution in [2.24, 2.45) is 0 Å². The van der Waals surface area contributed by atoms with E-state index in [-0.39, 0.29) is 11.4 Å². The van der Waals surface area contributed by atoms with Crippen LogP contribution in [0.4, 0.5) is 8.78 Å². The summed E-state index contributed by atoms with van der Waals surface area (Å²) < 4.78 is 52.6. The van der Waals surface area contributed by atoms with E-state index in [1.165, 1.54) is 36.4 Å². The molecule has 0 unspecified atom stereocenters. The molecular formula is C14H13F2NO2S. The fourth-order valence-corrected chi connectivity index (χ4v) is 2.85. The molecule has 0 bridgehead atoms. The lowest BCUT2D eigenvalue weighted by Gasteiger charge is -2.08. The van der Waals surface area contributed by atoms with Gasteiger partial charge < -0.3 is 0 Å². The van der Waals surface area contributed by atoms with Crippen molar-refractivity contribution in [1.29, 1.82) is 0 Å². The van der Waals surface area contributed by atoms with Crippen molar-refractivity contribution in [2.75, 3.05) is 0 Å². The molecule has 0 aliphatic heterocycles. The smallest absolute Gasteiger partial charge is 0.207 e. The minimum Gasteiger partial charge on any atom is -0.207 e. The molecule has 0 aliphatic carbocycles. The first-order valence-corrected chi connectivity index (χ1v) is 7.37. The molecule has 0 amide bonds. The average molecular weight is 297 g/mol. The Morgan fingerprint density at radius 2 is 1.70 bits per heavy atom. The number of hydrogen-bond acceptors (Lipinski definition) is 2. The Balaban J connectivity index is 2.19. The van der Waals surface area contributed by atoms with E-state index in [0.717, 1.165) is 6.07 Å². The molecule has 2 aromatic rings. The maximum Gasteiger partial charge on any atom is 0.243 e. The fraction of sp³-hybridized carbons (Fsp3) is 0.143. The second kappa shape index (κ2) is 5.68. The van der Waals surface area contributed by atoms with Gasteiger partial charge in [-0.15, -0.1) is 0 Å². The third kappa shape index (κ3) is 3.40. The highest BCUT2D eigenvalue weighted by Crippen LogP contribution is 2.16. The summed E-state index contributed by atoms with van der Waals surface area (Å²) in [5.41, 5.74) is 1.23. The molecule has 2 aromatic carbocycles. The standard InChI is InChI=1S/C14H13F2NO2S/c1-10-2-7-13(16)14(8-10)20(18,19)17-9-11-3-5-12(15)6-4-11/h2-8,17H,9H2,1H3. The summed E-state index contributed by atoms with van der Waals surface area (Å²) in [6, 6.07) is 9.26. The van der Waals surface area contributed by atoms with Gasteiger partial charge in [-0.25, -0.2) is 21.9 Å². The van der Waals surface area contributed by atoms with Crippen molar-refractivity contribution < 1.29 is 17.2 Å². The lowest BCUT2D eigenvalue weighted by atomic mass is 10.2. The molecular weight excluding hydrogens is 284 g/mol. The number of benzene rings is 2. The Bertz CT molecular complexity index is 712. The molecule has 0 fully saturated rings. The maximum absolute atomic E-state index is 13.6. The largest absolute Gasteiger partial charge is 0.243 e. The Labute approximate surface area is 116 Å². The molecule has 20 heavy (non-hydrogen) atoms. The Morgan fingerprint density at radius 3 is 2.35 bits per heavy atom. The van der Waals surface area contributed by atoms with Gasteiger partial charge in [0, 0.05) is 6.54 Å². The zero-order valence-corrected chi connectivity index (χ0v) is 11.5. The first-order valence-electron chi connectivity index (χ1n) is 5.89. The van der Waals surface area contributed by atoms with Gasteiger partial charge in [-0.1, -0.05) is 18.2 Å². The van der Waals surface area contributed by atoms with E-state index in [4.69, 9.17) is 0 Å². The monoisotopic (exact) mass is 297 g/mol. The molecule has 6 heteroatoms. The van der Waals surface area contributed by atoms with Crippen LogP contribution >= 0.6 is 0 Å². The van der Waals surface area contributed by atoms with E-state index in [9.17, 15) is 17.2 Å². The molecule has 0 atom stereocenters. The van der Waals surface area contributed by atoms with Crippen LogP contribution in [0.25, 0.3) is 0 Å². The van der Waals surface area contributed by atoms with E-state index >= 15 is 0 Å². The lowest BCUT2D eigenvalue weighted by Crippen LogP contribution is -2.24. The van der Waals surface area contributed by atoms with Crippen LogP contribution in [0.1, 0.15) is 11.1 Å². The van der Waals surface area contributed by atoms with E-state index in [2.05, 4.69) is 4.72 Å². The summed E-state index contributed by atoms with van der Waals surface area (Å²) in [4.78, 5) is -0.389. The zero-order valence-electron chi connectivity index (χ0n) is 10.7. The number of rotatable bonds is 4. The van der Waals surface area contributed by atoms with Crippen LogP contribution in [0.3, 0.4) is 0 Å². The predicted molar refractivity (Wildman–Crippen MR) is 71.6 cm³/mol. The summed E-state index contributed by atoms with van der Waals surface area (Å²) in [6.45, 7) is 1.65. The minimum atomic E-state index is -3.94. The quantitative estimate of drug-likeness (QED) is 0.943. The van der Waals surface area contributed by atoms with Crippen molar-refractivity contribution in [3.63, 3.8) is 0 Å². The number of halogens is 2. The van der Waals surface area contributed by atoms with Crippen molar-refractivity contribution in [1.82, 2.24) is 4.72 Å². The van der Waals surface area contributed by atoms with Crippen molar-refractivity contribution >= 4 is 10.0 Å². The SMILES string of the molecule is Cc1ccc(F)c(S(=O)(=O)NCc2ccc(F)cc2)c1. The van der Waals surface area contributed by atoms with Crippen LogP contribution in [-0.2, 0) is 16.6 Å². The Morgan fingerprint density at radius 1 is 1.05 bits per heavy atom. The summed E-state index contributed by atoms with van der Waals surface area (Å²) in [7, 11) is -3.94. The van der Waals surface area contributed by atoms with Crippen LogP contribution in [-0.4, -0.2) is 8.42 Å². The molecule has 2 rings (SSSR count). The van der Waals surface area contributed by atoms with Gasteiger partial charge in [-0.05, 0) is 42.3 Å². The molecule has 0 saturated carbocycles. The average Bonchev–Trinajstić information content (AvgIpc) is 2.41. The third-order valence-corrected chi connectivity index (χ3v) is 4.17. The normalized spacial score (nSPS) is 11.6. The maximum atomic E-state index is 13.6. The number of sulfonamides is 1. The summed E-state index contributed by atoms with van der Waals surface area (Å²) in [6.07, 6.45) is 0. The van der Waals surface area contributed by atoms with Crippen molar-refractivity contribution in [3.05, 3.63) is 65.2 Å². The van der Waals surface area contributed by atoms with Gasteiger partial charge in [-0.3, -0.25) is 0 Å². The highest BCUT2D eigenvalue weighted by molar-refractivity contribution is 7.89. The van der Waals surface area contributed by atoms with E-state index in [1.54, 1.807) is 6.92 Å². The minimum absolute atomic E-state index is 0.0318. The Kier molecular flexibility index (Phi) is 4.15. The van der Waals surface area contributed by atoms with Gasteiger partial charge in [0.1, 0.15) is 16.5 Å². The van der Waals surface area contributed by atoms with Crippen molar-refractivity contribution in [2.45, 2.75) is 18.4 Å². The summed E-state index contributed by atoms with van der Waals surface area (Å²) >= 11 is 0. The topological polar surface area (TPSA) is 46.2 Å². The molecule has 0 heterocycles. The van der Waals surface area contributed by atoms with Crippen LogP contribution in [0.2, 0.25) is 0 Å². The highest BCUT2D eigenvalue weighted by atomic mass is 32.2. The van der Waals surface area contributed by atoms with Gasteiger partial charge in [0.2, 0.25) is 10.0 Å². The van der Waals surface area contributed by atoms with Gasteiger partial charge in [0.05, 0.1) is 0 Å². The molecule has 0 spiro atoms. The number of hydrogen-bond donors (Lipinski definition) is 1. The molecule has 0 aromatic heterocycles. The van der Waals surface area contributed by atoms with Crippen LogP contribution in [0.5, 0.6) is 0 Å². The first kappa shape index (κ1) is 14.6. The molecule has 0 saturated heterocycles. The second-order valence-electron chi connectivity index (χ2n) is 4.38. The zero-order chi connectivity index (χ0) is 14.8. The van der Waals surface area contributed by atoms with E-state index < -0.39 is 21.7 Å².